The quantitative estimate of drug-likeness (QED) is 0.282. The van der Waals surface area contributed by atoms with E-state index in [9.17, 15) is 9.59 Å². The Labute approximate surface area is 179 Å². The summed E-state index contributed by atoms with van der Waals surface area (Å²) in [5.74, 6) is -0.704. The van der Waals surface area contributed by atoms with Crippen LogP contribution in [0.4, 0.5) is 5.13 Å². The van der Waals surface area contributed by atoms with Gasteiger partial charge in [-0.25, -0.2) is 9.78 Å². The topological polar surface area (TPSA) is 119 Å². The molecule has 0 aliphatic heterocycles. The maximum atomic E-state index is 11.5. The van der Waals surface area contributed by atoms with Crippen molar-refractivity contribution in [3.05, 3.63) is 33.2 Å². The third-order valence-corrected chi connectivity index (χ3v) is 4.61. The van der Waals surface area contributed by atoms with Gasteiger partial charge in [0, 0.05) is 5.38 Å². The predicted octanol–water partition coefficient (Wildman–Crippen LogP) is 3.32. The first-order chi connectivity index (χ1) is 13.9. The van der Waals surface area contributed by atoms with Gasteiger partial charge in [0.1, 0.15) is 0 Å². The summed E-state index contributed by atoms with van der Waals surface area (Å²) in [6.45, 7) is 3.80. The van der Waals surface area contributed by atoms with Crippen LogP contribution in [0.15, 0.2) is 27.1 Å². The number of nitrogens with one attached hydrogen (secondary N) is 1. The number of carboxylic acids is 1. The van der Waals surface area contributed by atoms with Crippen molar-refractivity contribution in [3.63, 3.8) is 0 Å². The van der Waals surface area contributed by atoms with E-state index in [2.05, 4.69) is 31.4 Å². The number of esters is 1. The van der Waals surface area contributed by atoms with Gasteiger partial charge in [0.15, 0.2) is 18.1 Å². The van der Waals surface area contributed by atoms with E-state index in [1.165, 1.54) is 11.3 Å². The molecule has 1 heterocycles. The molecule has 2 aromatic rings. The van der Waals surface area contributed by atoms with Gasteiger partial charge in [0.2, 0.25) is 5.13 Å². The van der Waals surface area contributed by atoms with Gasteiger partial charge in [-0.1, -0.05) is 0 Å². The molecule has 0 aliphatic carbocycles. The zero-order chi connectivity index (χ0) is 21.2. The van der Waals surface area contributed by atoms with E-state index < -0.39 is 12.6 Å². The average Bonchev–Trinajstić information content (AvgIpc) is 3.08. The van der Waals surface area contributed by atoms with Crippen LogP contribution in [0.2, 0.25) is 0 Å². The van der Waals surface area contributed by atoms with E-state index in [0.29, 0.717) is 45.6 Å². The number of hydrogen-bond donors (Lipinski definition) is 2. The molecule has 29 heavy (non-hydrogen) atoms. The monoisotopic (exact) mass is 485 g/mol. The molecule has 1 aromatic carbocycles. The Morgan fingerprint density at radius 1 is 1.31 bits per heavy atom. The summed E-state index contributed by atoms with van der Waals surface area (Å²) in [7, 11) is 0. The van der Waals surface area contributed by atoms with Crippen LogP contribution in [0.5, 0.6) is 11.5 Å². The van der Waals surface area contributed by atoms with Crippen molar-refractivity contribution >= 4 is 50.6 Å². The molecule has 156 valence electrons. The molecule has 0 aliphatic rings. The third-order valence-electron chi connectivity index (χ3n) is 3.23. The lowest BCUT2D eigenvalue weighted by Gasteiger charge is -2.13. The first-order valence-electron chi connectivity index (χ1n) is 8.63. The molecule has 0 bridgehead atoms. The molecular weight excluding hydrogens is 466 g/mol. The molecule has 9 nitrogen and oxygen atoms in total. The summed E-state index contributed by atoms with van der Waals surface area (Å²) in [4.78, 5) is 26.5. The second-order valence-electron chi connectivity index (χ2n) is 5.44. The minimum absolute atomic E-state index is 0.109. The maximum Gasteiger partial charge on any atom is 0.341 e. The van der Waals surface area contributed by atoms with E-state index in [0.717, 1.165) is 0 Å². The van der Waals surface area contributed by atoms with Crippen molar-refractivity contribution in [2.45, 2.75) is 20.3 Å². The number of aromatic nitrogens is 1. The SMILES string of the molecule is CCOC(=O)Cc1csc(NN=Cc2cc(Br)c(OCC(=O)O)c(OCC)c2)n1. The summed E-state index contributed by atoms with van der Waals surface area (Å²) in [5, 5.41) is 15.2. The third kappa shape index (κ3) is 7.35. The van der Waals surface area contributed by atoms with E-state index in [4.69, 9.17) is 19.3 Å². The second kappa shape index (κ2) is 11.4. The molecular formula is C18H20BrN3O6S. The number of hydrogen-bond acceptors (Lipinski definition) is 9. The number of carboxylic acid groups (broad SMARTS) is 1. The molecule has 0 saturated carbocycles. The fourth-order valence-corrected chi connectivity index (χ4v) is 3.39. The highest BCUT2D eigenvalue weighted by Gasteiger charge is 2.13. The Morgan fingerprint density at radius 3 is 2.79 bits per heavy atom. The molecule has 1 aromatic heterocycles. The summed E-state index contributed by atoms with van der Waals surface area (Å²) in [5.41, 5.74) is 4.10. The molecule has 0 saturated heterocycles. The highest BCUT2D eigenvalue weighted by Crippen LogP contribution is 2.36. The van der Waals surface area contributed by atoms with Gasteiger partial charge >= 0.3 is 11.9 Å². The number of carbonyl (C=O) groups is 2. The molecule has 0 radical (unpaired) electrons. The minimum Gasteiger partial charge on any atom is -0.490 e. The number of benzene rings is 1. The van der Waals surface area contributed by atoms with E-state index in [-0.39, 0.29) is 12.4 Å². The fraction of sp³-hybridized carbons (Fsp3) is 0.333. The van der Waals surface area contributed by atoms with Gasteiger partial charge in [-0.2, -0.15) is 5.10 Å². The van der Waals surface area contributed by atoms with Gasteiger partial charge in [-0.15, -0.1) is 11.3 Å². The second-order valence-corrected chi connectivity index (χ2v) is 7.15. The van der Waals surface area contributed by atoms with Crippen LogP contribution in [0.3, 0.4) is 0 Å². The van der Waals surface area contributed by atoms with Gasteiger partial charge in [-0.3, -0.25) is 10.2 Å². The summed E-state index contributed by atoms with van der Waals surface area (Å²) < 4.78 is 16.2. The Balaban J connectivity index is 2.05. The maximum absolute atomic E-state index is 11.5. The lowest BCUT2D eigenvalue weighted by Crippen LogP contribution is -2.11. The normalized spacial score (nSPS) is 10.7. The van der Waals surface area contributed by atoms with Gasteiger partial charge in [0.25, 0.3) is 0 Å². The first kappa shape index (κ1) is 22.6. The molecule has 0 fully saturated rings. The Kier molecular flexibility index (Phi) is 8.87. The molecule has 2 N–H and O–H groups in total. The van der Waals surface area contributed by atoms with Crippen molar-refractivity contribution < 1.29 is 28.9 Å². The van der Waals surface area contributed by atoms with Gasteiger partial charge < -0.3 is 19.3 Å². The first-order valence-corrected chi connectivity index (χ1v) is 10.3. The van der Waals surface area contributed by atoms with Crippen molar-refractivity contribution in [2.75, 3.05) is 25.2 Å². The smallest absolute Gasteiger partial charge is 0.341 e. The van der Waals surface area contributed by atoms with Crippen LogP contribution >= 0.6 is 27.3 Å². The number of nitrogens with zero attached hydrogens (tertiary/aromatic N) is 2. The van der Waals surface area contributed by atoms with Crippen LogP contribution in [0, 0.1) is 0 Å². The van der Waals surface area contributed by atoms with Crippen LogP contribution in [0.1, 0.15) is 25.1 Å². The van der Waals surface area contributed by atoms with Crippen LogP contribution in [0.25, 0.3) is 0 Å². The predicted molar refractivity (Wildman–Crippen MR) is 112 cm³/mol. The zero-order valence-electron chi connectivity index (χ0n) is 15.8. The molecule has 0 spiro atoms. The van der Waals surface area contributed by atoms with Crippen LogP contribution in [-0.4, -0.2) is 48.1 Å². The fourth-order valence-electron chi connectivity index (χ4n) is 2.16. The zero-order valence-corrected chi connectivity index (χ0v) is 18.2. The summed E-state index contributed by atoms with van der Waals surface area (Å²) in [6, 6.07) is 3.41. The summed E-state index contributed by atoms with van der Waals surface area (Å²) >= 11 is 4.68. The molecule has 0 amide bonds. The van der Waals surface area contributed by atoms with E-state index in [1.54, 1.807) is 30.7 Å². The average molecular weight is 486 g/mol. The lowest BCUT2D eigenvalue weighted by molar-refractivity contribution is -0.142. The largest absolute Gasteiger partial charge is 0.490 e. The number of rotatable bonds is 11. The summed E-state index contributed by atoms with van der Waals surface area (Å²) in [6.07, 6.45) is 1.67. The van der Waals surface area contributed by atoms with Gasteiger partial charge in [0.05, 0.1) is 36.0 Å². The molecule has 11 heteroatoms. The van der Waals surface area contributed by atoms with E-state index in [1.807, 2.05) is 6.92 Å². The van der Waals surface area contributed by atoms with Crippen molar-refractivity contribution in [1.82, 2.24) is 4.98 Å². The highest BCUT2D eigenvalue weighted by molar-refractivity contribution is 9.10. The number of hydrazone groups is 1. The number of aliphatic carboxylic acids is 1. The number of halogens is 1. The van der Waals surface area contributed by atoms with Crippen LogP contribution in [-0.2, 0) is 20.7 Å². The number of thiazole rings is 1. The van der Waals surface area contributed by atoms with Crippen molar-refractivity contribution in [2.24, 2.45) is 5.10 Å². The minimum atomic E-state index is -1.08. The number of anilines is 1. The molecule has 0 unspecified atom stereocenters. The van der Waals surface area contributed by atoms with Gasteiger partial charge in [-0.05, 0) is 47.5 Å². The number of ether oxygens (including phenoxy) is 3. The standard InChI is InChI=1S/C18H20BrN3O6S/c1-3-26-14-6-11(5-13(19)17(14)28-9-15(23)24)8-20-22-18-21-12(10-29-18)7-16(25)27-4-2/h5-6,8,10H,3-4,7,9H2,1-2H3,(H,21,22)(H,23,24). The highest BCUT2D eigenvalue weighted by atomic mass is 79.9. The molecule has 2 rings (SSSR count). The van der Waals surface area contributed by atoms with Crippen LogP contribution < -0.4 is 14.9 Å². The van der Waals surface area contributed by atoms with E-state index >= 15 is 0 Å². The molecule has 0 atom stereocenters. The number of carbonyl (C=O) groups excluding carboxylic acids is 1. The Morgan fingerprint density at radius 2 is 2.10 bits per heavy atom. The lowest BCUT2D eigenvalue weighted by atomic mass is 10.2. The van der Waals surface area contributed by atoms with Crippen molar-refractivity contribution in [1.29, 1.82) is 0 Å². The van der Waals surface area contributed by atoms with Crippen molar-refractivity contribution in [3.8, 4) is 11.5 Å². The Bertz CT molecular complexity index is 886. The Hall–Kier alpha value is -2.66.